The van der Waals surface area contributed by atoms with E-state index in [1.807, 2.05) is 0 Å². The highest BCUT2D eigenvalue weighted by atomic mass is 32.1. The van der Waals surface area contributed by atoms with Crippen molar-refractivity contribution in [3.63, 3.8) is 0 Å². The third-order valence-electron chi connectivity index (χ3n) is 4.83. The molecule has 5 heterocycles. The molecule has 14 heteroatoms. The fraction of sp³-hybridized carbons (Fsp3) is 0.0909. The Bertz CT molecular complexity index is 1410. The average Bonchev–Trinajstić information content (AvgIpc) is 3.66. The standard InChI is InChI=1S/C22H16N6O7S/c1-12-11-16(35-19(31)15-7-4-10-34-15)27-20(24-17(29)13-5-2-8-32-13)26-28(21(27)23-12)22(36)25-18(30)14-6-3-9-33-14/h2-11,21H,1H3,(H,24,26,29)(H,25,30,36). The molecular formula is C22H16N6O7S. The number of fused-ring (bicyclic) bond motifs is 1. The zero-order valence-corrected chi connectivity index (χ0v) is 19.2. The summed E-state index contributed by atoms with van der Waals surface area (Å²) in [6.07, 6.45) is 4.45. The van der Waals surface area contributed by atoms with Gasteiger partial charge in [0.25, 0.3) is 11.8 Å². The van der Waals surface area contributed by atoms with Crippen LogP contribution in [0.1, 0.15) is 38.6 Å². The number of furan rings is 3. The number of amides is 2. The van der Waals surface area contributed by atoms with Gasteiger partial charge in [-0.25, -0.2) is 14.7 Å². The lowest BCUT2D eigenvalue weighted by atomic mass is 10.3. The minimum atomic E-state index is -1.04. The van der Waals surface area contributed by atoms with Gasteiger partial charge in [-0.1, -0.05) is 0 Å². The molecular weight excluding hydrogens is 492 g/mol. The van der Waals surface area contributed by atoms with E-state index < -0.39 is 24.1 Å². The lowest BCUT2D eigenvalue weighted by Gasteiger charge is -2.31. The van der Waals surface area contributed by atoms with Crippen molar-refractivity contribution < 1.29 is 32.4 Å². The normalized spacial score (nSPS) is 16.5. The van der Waals surface area contributed by atoms with Crippen LogP contribution in [-0.2, 0) is 4.74 Å². The van der Waals surface area contributed by atoms with Crippen LogP contribution in [0.5, 0.6) is 0 Å². The Kier molecular flexibility index (Phi) is 5.92. The number of allylic oxidation sites excluding steroid dienone is 1. The first-order valence-electron chi connectivity index (χ1n) is 10.3. The molecule has 182 valence electrons. The number of aliphatic imine (C=N–C) groups is 1. The number of carbonyl (C=O) groups excluding carboxylic acids is 3. The van der Waals surface area contributed by atoms with Crippen molar-refractivity contribution in [3.8, 4) is 0 Å². The van der Waals surface area contributed by atoms with Crippen molar-refractivity contribution in [2.24, 2.45) is 10.1 Å². The summed E-state index contributed by atoms with van der Waals surface area (Å²) in [6, 6.07) is 8.99. The summed E-state index contributed by atoms with van der Waals surface area (Å²) in [6.45, 7) is 1.67. The van der Waals surface area contributed by atoms with Gasteiger partial charge in [-0.2, -0.15) is 5.01 Å². The van der Waals surface area contributed by atoms with Gasteiger partial charge >= 0.3 is 5.97 Å². The van der Waals surface area contributed by atoms with E-state index >= 15 is 0 Å². The monoisotopic (exact) mass is 508 g/mol. The summed E-state index contributed by atoms with van der Waals surface area (Å²) < 4.78 is 20.9. The van der Waals surface area contributed by atoms with Gasteiger partial charge in [0.1, 0.15) is 0 Å². The number of rotatable bonds is 4. The maximum Gasteiger partial charge on any atom is 0.380 e. The molecule has 5 rings (SSSR count). The average molecular weight is 508 g/mol. The molecule has 0 aromatic carbocycles. The number of carbonyl (C=O) groups is 3. The second-order valence-corrected chi connectivity index (χ2v) is 7.66. The minimum Gasteiger partial charge on any atom is -0.459 e. The van der Waals surface area contributed by atoms with Crippen molar-refractivity contribution in [3.05, 3.63) is 84.4 Å². The number of nitrogens with zero attached hydrogens (tertiary/aromatic N) is 4. The Morgan fingerprint density at radius 3 is 2.19 bits per heavy atom. The zero-order valence-electron chi connectivity index (χ0n) is 18.4. The first-order chi connectivity index (χ1) is 17.4. The second-order valence-electron chi connectivity index (χ2n) is 7.27. The van der Waals surface area contributed by atoms with Crippen LogP contribution in [0.2, 0.25) is 0 Å². The Morgan fingerprint density at radius 1 is 0.972 bits per heavy atom. The fourth-order valence-electron chi connectivity index (χ4n) is 3.27. The van der Waals surface area contributed by atoms with Gasteiger partial charge < -0.3 is 18.0 Å². The molecule has 0 saturated carbocycles. The van der Waals surface area contributed by atoms with Crippen molar-refractivity contribution in [2.45, 2.75) is 13.2 Å². The van der Waals surface area contributed by atoms with Gasteiger partial charge in [-0.3, -0.25) is 20.2 Å². The van der Waals surface area contributed by atoms with E-state index in [0.717, 1.165) is 0 Å². The van der Waals surface area contributed by atoms with Crippen molar-refractivity contribution in [2.75, 3.05) is 0 Å². The van der Waals surface area contributed by atoms with Gasteiger partial charge in [0, 0.05) is 11.8 Å². The molecule has 2 N–H and O–H groups in total. The lowest BCUT2D eigenvalue weighted by Crippen LogP contribution is -2.51. The van der Waals surface area contributed by atoms with E-state index in [-0.39, 0.29) is 34.2 Å². The molecule has 36 heavy (non-hydrogen) atoms. The van der Waals surface area contributed by atoms with Gasteiger partial charge in [0.15, 0.2) is 16.6 Å². The molecule has 2 aliphatic heterocycles. The summed E-state index contributed by atoms with van der Waals surface area (Å²) >= 11 is 5.38. The van der Waals surface area contributed by atoms with Crippen LogP contribution >= 0.6 is 12.2 Å². The molecule has 1 atom stereocenters. The van der Waals surface area contributed by atoms with Crippen molar-refractivity contribution in [1.29, 1.82) is 0 Å². The molecule has 3 aromatic rings. The van der Waals surface area contributed by atoms with E-state index in [2.05, 4.69) is 20.7 Å². The van der Waals surface area contributed by atoms with Crippen molar-refractivity contribution in [1.82, 2.24) is 20.5 Å². The number of nitrogens with one attached hydrogen (secondary N) is 2. The predicted molar refractivity (Wildman–Crippen MR) is 125 cm³/mol. The Labute approximate surface area is 207 Å². The van der Waals surface area contributed by atoms with E-state index in [0.29, 0.717) is 5.71 Å². The Hall–Kier alpha value is -4.98. The number of hydrogen-bond acceptors (Lipinski definition) is 11. The number of thiocarbonyl (C=S) groups is 1. The first kappa shape index (κ1) is 22.8. The highest BCUT2D eigenvalue weighted by Gasteiger charge is 2.43. The molecule has 0 saturated heterocycles. The van der Waals surface area contributed by atoms with Gasteiger partial charge in [-0.15, -0.1) is 5.10 Å². The first-order valence-corrected chi connectivity index (χ1v) is 10.7. The molecule has 2 aliphatic rings. The molecule has 0 spiro atoms. The van der Waals surface area contributed by atoms with E-state index in [1.54, 1.807) is 19.1 Å². The number of guanidine groups is 1. The SMILES string of the molecule is CC1=NC2N(C(=S)NC(=O)c3ccco3)N=C(NC(=O)c3ccco3)N2C(OC(=O)c2ccco2)=C1. The van der Waals surface area contributed by atoms with Gasteiger partial charge in [0.05, 0.1) is 18.8 Å². The maximum absolute atomic E-state index is 12.7. The smallest absolute Gasteiger partial charge is 0.380 e. The van der Waals surface area contributed by atoms with Crippen LogP contribution in [0.15, 0.2) is 90.5 Å². The second kappa shape index (κ2) is 9.34. The number of esters is 1. The number of ether oxygens (including phenoxy) is 1. The minimum absolute atomic E-state index is 0.0104. The summed E-state index contributed by atoms with van der Waals surface area (Å²) in [5, 5.41) is 10.4. The Balaban J connectivity index is 1.44. The highest BCUT2D eigenvalue weighted by molar-refractivity contribution is 7.80. The van der Waals surface area contributed by atoms with Gasteiger partial charge in [-0.05, 0) is 55.5 Å². The lowest BCUT2D eigenvalue weighted by molar-refractivity contribution is 0.0460. The molecule has 3 aromatic heterocycles. The maximum atomic E-state index is 12.7. The molecule has 13 nitrogen and oxygen atoms in total. The summed E-state index contributed by atoms with van der Waals surface area (Å²) in [5.74, 6) is -2.15. The Morgan fingerprint density at radius 2 is 1.58 bits per heavy atom. The van der Waals surface area contributed by atoms with Crippen LogP contribution in [0.4, 0.5) is 0 Å². The molecule has 0 radical (unpaired) electrons. The topological polar surface area (TPSA) is 155 Å². The van der Waals surface area contributed by atoms with E-state index in [1.165, 1.54) is 59.0 Å². The van der Waals surface area contributed by atoms with Gasteiger partial charge in [0.2, 0.25) is 23.9 Å². The van der Waals surface area contributed by atoms with Crippen LogP contribution in [0, 0.1) is 0 Å². The highest BCUT2D eigenvalue weighted by Crippen LogP contribution is 2.28. The fourth-order valence-corrected chi connectivity index (χ4v) is 3.50. The van der Waals surface area contributed by atoms with Crippen molar-refractivity contribution >= 4 is 46.8 Å². The third-order valence-corrected chi connectivity index (χ3v) is 5.12. The number of hydrazone groups is 1. The summed E-state index contributed by atoms with van der Waals surface area (Å²) in [4.78, 5) is 43.6. The zero-order chi connectivity index (χ0) is 25.2. The molecule has 0 fully saturated rings. The summed E-state index contributed by atoms with van der Waals surface area (Å²) in [5.41, 5.74) is 0.456. The van der Waals surface area contributed by atoms with Crippen LogP contribution in [0.25, 0.3) is 0 Å². The summed E-state index contributed by atoms with van der Waals surface area (Å²) in [7, 11) is 0. The third kappa shape index (κ3) is 4.39. The predicted octanol–water partition coefficient (Wildman–Crippen LogP) is 2.26. The molecule has 2 amide bonds. The van der Waals surface area contributed by atoms with E-state index in [9.17, 15) is 14.4 Å². The van der Waals surface area contributed by atoms with Crippen LogP contribution in [0.3, 0.4) is 0 Å². The largest absolute Gasteiger partial charge is 0.459 e. The quantitative estimate of drug-likeness (QED) is 0.396. The molecule has 0 bridgehead atoms. The van der Waals surface area contributed by atoms with Crippen LogP contribution in [-0.4, -0.2) is 50.8 Å². The van der Waals surface area contributed by atoms with E-state index in [4.69, 9.17) is 30.2 Å². The van der Waals surface area contributed by atoms with Crippen LogP contribution < -0.4 is 10.6 Å². The molecule has 0 aliphatic carbocycles. The molecule has 1 unspecified atom stereocenters. The number of hydrogen-bond donors (Lipinski definition) is 2.